The molecular weight excluding hydrogens is 321 g/mol. The Hall–Kier alpha value is -2.73. The van der Waals surface area contributed by atoms with Crippen molar-refractivity contribution in [3.8, 4) is 17.3 Å². The van der Waals surface area contributed by atoms with Crippen molar-refractivity contribution in [2.75, 3.05) is 0 Å². The lowest BCUT2D eigenvalue weighted by Crippen LogP contribution is -1.95. The minimum Gasteiger partial charge on any atom is -0.436 e. The van der Waals surface area contributed by atoms with E-state index >= 15 is 0 Å². The molecule has 0 aliphatic carbocycles. The first kappa shape index (κ1) is 15.2. The molecule has 0 saturated carbocycles. The predicted molar refractivity (Wildman–Crippen MR) is 82.6 cm³/mol. The van der Waals surface area contributed by atoms with Gasteiger partial charge in [0.05, 0.1) is 16.9 Å². The average Bonchev–Trinajstić information content (AvgIpc) is 3.00. The SMILES string of the molecule is O=CCc1cnn(-c2ccc(Oc3ncc(Cl)cc3F)cc2)c1. The fraction of sp³-hybridized carbons (Fsp3) is 0.0625. The van der Waals surface area contributed by atoms with Crippen LogP contribution in [0.1, 0.15) is 5.56 Å². The normalized spacial score (nSPS) is 10.5. The highest BCUT2D eigenvalue weighted by Crippen LogP contribution is 2.24. The van der Waals surface area contributed by atoms with Crippen LogP contribution in [-0.2, 0) is 11.2 Å². The summed E-state index contributed by atoms with van der Waals surface area (Å²) in [6.45, 7) is 0. The van der Waals surface area contributed by atoms with Gasteiger partial charge in [-0.1, -0.05) is 11.6 Å². The number of nitrogens with zero attached hydrogens (tertiary/aromatic N) is 3. The second kappa shape index (κ2) is 6.58. The lowest BCUT2D eigenvalue weighted by molar-refractivity contribution is -0.107. The quantitative estimate of drug-likeness (QED) is 0.670. The molecule has 7 heteroatoms. The molecule has 3 rings (SSSR count). The first-order valence-corrected chi connectivity index (χ1v) is 7.10. The summed E-state index contributed by atoms with van der Waals surface area (Å²) in [6.07, 6.45) is 5.86. The van der Waals surface area contributed by atoms with Crippen LogP contribution in [-0.4, -0.2) is 21.1 Å². The zero-order chi connectivity index (χ0) is 16.2. The number of hydrogen-bond acceptors (Lipinski definition) is 4. The van der Waals surface area contributed by atoms with Gasteiger partial charge in [-0.25, -0.2) is 14.1 Å². The van der Waals surface area contributed by atoms with E-state index in [1.54, 1.807) is 41.3 Å². The molecule has 0 unspecified atom stereocenters. The predicted octanol–water partition coefficient (Wildman–Crippen LogP) is 3.59. The van der Waals surface area contributed by atoms with Crippen molar-refractivity contribution in [2.24, 2.45) is 0 Å². The highest BCUT2D eigenvalue weighted by atomic mass is 35.5. The summed E-state index contributed by atoms with van der Waals surface area (Å²) in [7, 11) is 0. The minimum atomic E-state index is -0.632. The molecule has 0 amide bonds. The molecule has 0 atom stereocenters. The Labute approximate surface area is 136 Å². The van der Waals surface area contributed by atoms with Gasteiger partial charge in [0.1, 0.15) is 12.0 Å². The molecule has 2 heterocycles. The molecule has 5 nitrogen and oxygen atoms in total. The molecular formula is C16H11ClFN3O2. The summed E-state index contributed by atoms with van der Waals surface area (Å²) in [5.41, 5.74) is 1.62. The highest BCUT2D eigenvalue weighted by molar-refractivity contribution is 6.30. The summed E-state index contributed by atoms with van der Waals surface area (Å²) in [5.74, 6) is -0.343. The third kappa shape index (κ3) is 3.54. The van der Waals surface area contributed by atoms with Crippen LogP contribution in [0.3, 0.4) is 0 Å². The molecule has 3 aromatic rings. The maximum Gasteiger partial charge on any atom is 0.255 e. The highest BCUT2D eigenvalue weighted by Gasteiger charge is 2.08. The summed E-state index contributed by atoms with van der Waals surface area (Å²) in [6, 6.07) is 8.01. The number of ether oxygens (including phenoxy) is 1. The van der Waals surface area contributed by atoms with Crippen LogP contribution in [0.25, 0.3) is 5.69 Å². The third-order valence-electron chi connectivity index (χ3n) is 3.04. The molecule has 23 heavy (non-hydrogen) atoms. The summed E-state index contributed by atoms with van der Waals surface area (Å²) in [4.78, 5) is 14.3. The van der Waals surface area contributed by atoms with Crippen molar-refractivity contribution in [3.05, 3.63) is 65.3 Å². The van der Waals surface area contributed by atoms with E-state index in [-0.39, 0.29) is 10.9 Å². The van der Waals surface area contributed by atoms with E-state index in [1.807, 2.05) is 0 Å². The fourth-order valence-corrected chi connectivity index (χ4v) is 2.10. The van der Waals surface area contributed by atoms with Crippen molar-refractivity contribution in [1.82, 2.24) is 14.8 Å². The molecule has 116 valence electrons. The number of carbonyl (C=O) groups excluding carboxylic acids is 1. The number of carbonyl (C=O) groups is 1. The standard InChI is InChI=1S/C16H11ClFN3O2/c17-12-7-15(18)16(19-9-12)23-14-3-1-13(2-4-14)21-10-11(5-6-22)8-20-21/h1-4,6-10H,5H2. The number of hydrogen-bond donors (Lipinski definition) is 0. The largest absolute Gasteiger partial charge is 0.436 e. The maximum atomic E-state index is 13.6. The number of pyridine rings is 1. The van der Waals surface area contributed by atoms with Gasteiger partial charge >= 0.3 is 0 Å². The van der Waals surface area contributed by atoms with Crippen LogP contribution in [0.4, 0.5) is 4.39 Å². The Morgan fingerprint density at radius 3 is 2.74 bits per heavy atom. The average molecular weight is 332 g/mol. The van der Waals surface area contributed by atoms with E-state index in [0.29, 0.717) is 12.2 Å². The molecule has 2 aromatic heterocycles. The van der Waals surface area contributed by atoms with Gasteiger partial charge in [0.15, 0.2) is 5.82 Å². The summed E-state index contributed by atoms with van der Waals surface area (Å²) >= 11 is 5.64. The Balaban J connectivity index is 1.77. The fourth-order valence-electron chi connectivity index (χ4n) is 1.96. The lowest BCUT2D eigenvalue weighted by atomic mass is 10.3. The van der Waals surface area contributed by atoms with Crippen molar-refractivity contribution >= 4 is 17.9 Å². The zero-order valence-electron chi connectivity index (χ0n) is 11.8. The Morgan fingerprint density at radius 1 is 1.26 bits per heavy atom. The van der Waals surface area contributed by atoms with Crippen LogP contribution in [0.2, 0.25) is 5.02 Å². The molecule has 0 fully saturated rings. The minimum absolute atomic E-state index is 0.144. The maximum absolute atomic E-state index is 13.6. The van der Waals surface area contributed by atoms with Gasteiger partial charge in [0.25, 0.3) is 5.88 Å². The van der Waals surface area contributed by atoms with Gasteiger partial charge in [0.2, 0.25) is 0 Å². The third-order valence-corrected chi connectivity index (χ3v) is 3.25. The molecule has 0 spiro atoms. The molecule has 0 N–H and O–H groups in total. The molecule has 0 radical (unpaired) electrons. The van der Waals surface area contributed by atoms with E-state index < -0.39 is 5.82 Å². The van der Waals surface area contributed by atoms with E-state index in [2.05, 4.69) is 10.1 Å². The smallest absolute Gasteiger partial charge is 0.255 e. The number of benzene rings is 1. The van der Waals surface area contributed by atoms with Crippen LogP contribution < -0.4 is 4.74 Å². The molecule has 1 aromatic carbocycles. The van der Waals surface area contributed by atoms with Gasteiger partial charge < -0.3 is 9.53 Å². The first-order valence-electron chi connectivity index (χ1n) is 6.72. The number of aromatic nitrogens is 3. The van der Waals surface area contributed by atoms with E-state index in [1.165, 1.54) is 6.20 Å². The van der Waals surface area contributed by atoms with Crippen molar-refractivity contribution in [1.29, 1.82) is 0 Å². The van der Waals surface area contributed by atoms with Gasteiger partial charge in [-0.05, 0) is 35.9 Å². The number of aldehydes is 1. The zero-order valence-corrected chi connectivity index (χ0v) is 12.6. The van der Waals surface area contributed by atoms with Crippen LogP contribution in [0.15, 0.2) is 48.9 Å². The monoisotopic (exact) mass is 331 g/mol. The Kier molecular flexibility index (Phi) is 4.34. The van der Waals surface area contributed by atoms with E-state index in [0.717, 1.165) is 23.6 Å². The molecule has 0 saturated heterocycles. The Morgan fingerprint density at radius 2 is 2.04 bits per heavy atom. The van der Waals surface area contributed by atoms with Crippen molar-refractivity contribution < 1.29 is 13.9 Å². The van der Waals surface area contributed by atoms with E-state index in [9.17, 15) is 9.18 Å². The summed E-state index contributed by atoms with van der Waals surface area (Å²) in [5, 5.41) is 4.38. The topological polar surface area (TPSA) is 57.0 Å². The van der Waals surface area contributed by atoms with Crippen LogP contribution >= 0.6 is 11.6 Å². The number of rotatable bonds is 5. The van der Waals surface area contributed by atoms with Gasteiger partial charge in [0, 0.05) is 18.8 Å². The van der Waals surface area contributed by atoms with Crippen molar-refractivity contribution in [3.63, 3.8) is 0 Å². The van der Waals surface area contributed by atoms with Gasteiger partial charge in [-0.3, -0.25) is 0 Å². The van der Waals surface area contributed by atoms with Crippen molar-refractivity contribution in [2.45, 2.75) is 6.42 Å². The number of halogens is 2. The second-order valence-corrected chi connectivity index (χ2v) is 5.14. The molecule has 0 aliphatic rings. The van der Waals surface area contributed by atoms with Gasteiger partial charge in [-0.15, -0.1) is 0 Å². The van der Waals surface area contributed by atoms with Gasteiger partial charge in [-0.2, -0.15) is 5.10 Å². The molecule has 0 bridgehead atoms. The summed E-state index contributed by atoms with van der Waals surface area (Å²) < 4.78 is 20.7. The second-order valence-electron chi connectivity index (χ2n) is 4.70. The van der Waals surface area contributed by atoms with Crippen LogP contribution in [0, 0.1) is 5.82 Å². The Bertz CT molecular complexity index is 834. The van der Waals surface area contributed by atoms with E-state index in [4.69, 9.17) is 16.3 Å². The first-order chi connectivity index (χ1) is 11.2. The lowest BCUT2D eigenvalue weighted by Gasteiger charge is -2.07. The molecule has 0 aliphatic heterocycles. The van der Waals surface area contributed by atoms with Crippen LogP contribution in [0.5, 0.6) is 11.6 Å².